The lowest BCUT2D eigenvalue weighted by Gasteiger charge is -2.49. The molecule has 1 saturated carbocycles. The average Bonchev–Trinajstić information content (AvgIpc) is 4.12. The Balaban J connectivity index is 0.905. The maximum Gasteiger partial charge on any atom is 0.333 e. The third-order valence-electron chi connectivity index (χ3n) is 13.9. The minimum atomic E-state index is -2.86. The van der Waals surface area contributed by atoms with Crippen molar-refractivity contribution in [2.24, 2.45) is 13.0 Å². The van der Waals surface area contributed by atoms with E-state index in [0.717, 1.165) is 82.2 Å². The number of piperidine rings is 1. The summed E-state index contributed by atoms with van der Waals surface area (Å²) in [6.07, 6.45) is 13.7. The number of fused-ring (bicyclic) bond motifs is 2. The number of alkyl halides is 2. The molecule has 10 rings (SSSR count). The zero-order valence-electron chi connectivity index (χ0n) is 38.1. The summed E-state index contributed by atoms with van der Waals surface area (Å²) >= 11 is 0. The van der Waals surface area contributed by atoms with E-state index in [1.165, 1.54) is 15.3 Å². The standard InChI is InChI=1S/C46H57F2N15O4/c1-46(2,67)16-17-49-36-15-19-60-43(51-36)31(26-50-60)32-27-61(55-53-32)35-28-62(54-40(35)42(47)48)44(29-10-5-4-6-11-29)58-22-20-57(21-23-58)39-14-7-8-18-59(39)33-12-9-13-34-41(33)56(3)45(66)63(34)30-24-37(64)52-38(65)25-30/h9,12-13,15,19,24,26-29,39,42,44,67H,4-8,10-11,14,16-18,20-23,25H2,1-3H3,(H,49,51)(H,52,64,65)/t39?,44-/m1/s1. The van der Waals surface area contributed by atoms with Gasteiger partial charge in [-0.2, -0.15) is 10.2 Å². The number of amides is 2. The topological polar surface area (TPSA) is 194 Å². The first kappa shape index (κ1) is 44.5. The third-order valence-corrected chi connectivity index (χ3v) is 13.9. The van der Waals surface area contributed by atoms with Crippen molar-refractivity contribution in [2.45, 2.75) is 102 Å². The first-order chi connectivity index (χ1) is 32.3. The maximum absolute atomic E-state index is 15.0. The maximum atomic E-state index is 15.0. The lowest BCUT2D eigenvalue weighted by atomic mass is 9.86. The van der Waals surface area contributed by atoms with Gasteiger partial charge in [-0.3, -0.25) is 38.5 Å². The summed E-state index contributed by atoms with van der Waals surface area (Å²) in [5.41, 5.74) is 2.83. The smallest absolute Gasteiger partial charge is 0.333 e. The number of hydrogen-bond acceptors (Lipinski definition) is 13. The Morgan fingerprint density at radius 1 is 0.955 bits per heavy atom. The van der Waals surface area contributed by atoms with Gasteiger partial charge in [-0.1, -0.05) is 30.5 Å². The van der Waals surface area contributed by atoms with Crippen LogP contribution in [0.5, 0.6) is 0 Å². The van der Waals surface area contributed by atoms with Crippen LogP contribution < -0.4 is 21.2 Å². The fraction of sp³-hybridized carbons (Fsp3) is 0.522. The molecule has 2 atom stereocenters. The second-order valence-corrected chi connectivity index (χ2v) is 19.0. The van der Waals surface area contributed by atoms with E-state index in [0.29, 0.717) is 60.0 Å². The lowest BCUT2D eigenvalue weighted by molar-refractivity contribution is -0.128. The highest BCUT2D eigenvalue weighted by atomic mass is 19.3. The molecule has 1 aliphatic carbocycles. The molecule has 3 fully saturated rings. The number of anilines is 2. The van der Waals surface area contributed by atoms with Gasteiger partial charge >= 0.3 is 5.69 Å². The lowest BCUT2D eigenvalue weighted by Crippen LogP contribution is -2.58. The number of benzene rings is 1. The van der Waals surface area contributed by atoms with Crippen molar-refractivity contribution in [2.75, 3.05) is 49.5 Å². The molecule has 0 radical (unpaired) electrons. The molecule has 5 aromatic heterocycles. The second-order valence-electron chi connectivity index (χ2n) is 19.0. The molecule has 19 nitrogen and oxygen atoms in total. The number of aryl methyl sites for hydroxylation is 1. The molecule has 3 N–H and O–H groups in total. The predicted molar refractivity (Wildman–Crippen MR) is 246 cm³/mol. The van der Waals surface area contributed by atoms with Crippen LogP contribution in [-0.2, 0) is 16.6 Å². The van der Waals surface area contributed by atoms with E-state index in [9.17, 15) is 19.5 Å². The number of hydrogen-bond donors (Lipinski definition) is 3. The molecule has 2 amide bonds. The van der Waals surface area contributed by atoms with Crippen molar-refractivity contribution in [1.29, 1.82) is 0 Å². The molecular formula is C46H57F2N15O4. The Labute approximate surface area is 385 Å². The number of aromatic nitrogens is 10. The molecular weight excluding hydrogens is 865 g/mol. The molecule has 0 spiro atoms. The van der Waals surface area contributed by atoms with E-state index < -0.39 is 23.8 Å². The number of piperazine rings is 1. The van der Waals surface area contributed by atoms with Crippen molar-refractivity contribution < 1.29 is 23.5 Å². The zero-order valence-corrected chi connectivity index (χ0v) is 38.1. The van der Waals surface area contributed by atoms with Gasteiger partial charge in [0, 0.05) is 64.3 Å². The Morgan fingerprint density at radius 3 is 2.51 bits per heavy atom. The van der Waals surface area contributed by atoms with E-state index in [4.69, 9.17) is 4.98 Å². The van der Waals surface area contributed by atoms with Crippen LogP contribution in [0.3, 0.4) is 0 Å². The molecule has 354 valence electrons. The Bertz CT molecular complexity index is 2890. The van der Waals surface area contributed by atoms with Crippen molar-refractivity contribution in [1.82, 2.24) is 63.6 Å². The number of aliphatic hydroxyl groups is 1. The highest BCUT2D eigenvalue weighted by Crippen LogP contribution is 2.39. The predicted octanol–water partition coefficient (Wildman–Crippen LogP) is 4.94. The van der Waals surface area contributed by atoms with Gasteiger partial charge in [0.25, 0.3) is 12.3 Å². The molecule has 4 aliphatic rings. The number of imidazole rings is 1. The van der Waals surface area contributed by atoms with E-state index >= 15 is 8.78 Å². The van der Waals surface area contributed by atoms with Crippen LogP contribution in [0.2, 0.25) is 0 Å². The van der Waals surface area contributed by atoms with E-state index in [1.54, 1.807) is 65.5 Å². The molecule has 8 heterocycles. The van der Waals surface area contributed by atoms with Gasteiger partial charge in [-0.05, 0) is 76.5 Å². The van der Waals surface area contributed by atoms with Crippen molar-refractivity contribution in [3.63, 3.8) is 0 Å². The molecule has 0 bridgehead atoms. The highest BCUT2D eigenvalue weighted by Gasteiger charge is 2.38. The van der Waals surface area contributed by atoms with Gasteiger partial charge in [0.05, 0.1) is 59.1 Å². The van der Waals surface area contributed by atoms with Gasteiger partial charge in [0.15, 0.2) is 11.3 Å². The van der Waals surface area contributed by atoms with Gasteiger partial charge < -0.3 is 15.3 Å². The minimum Gasteiger partial charge on any atom is -0.390 e. The third kappa shape index (κ3) is 8.75. The van der Waals surface area contributed by atoms with Gasteiger partial charge in [-0.25, -0.2) is 27.8 Å². The molecule has 3 aliphatic heterocycles. The summed E-state index contributed by atoms with van der Waals surface area (Å²) in [6.45, 7) is 7.71. The highest BCUT2D eigenvalue weighted by molar-refractivity contribution is 6.10. The Morgan fingerprint density at radius 2 is 1.75 bits per heavy atom. The zero-order chi connectivity index (χ0) is 46.6. The number of carbonyl (C=O) groups is 2. The number of halogens is 2. The first-order valence-electron chi connectivity index (χ1n) is 23.4. The Kier molecular flexibility index (Phi) is 12.0. The van der Waals surface area contributed by atoms with E-state index in [-0.39, 0.29) is 41.7 Å². The molecule has 67 heavy (non-hydrogen) atoms. The summed E-state index contributed by atoms with van der Waals surface area (Å²) < 4.78 is 37.9. The SMILES string of the molecule is Cn1c(=O)n(C2=CC(=O)NC(=O)C2)c2cccc(N3CCCCC3N3CCN([C@@H](C4CCCCC4)n4cc(-n5cc(-c6cnn7ccc(NCCC(C)(C)O)nc67)nn5)c(C(F)F)n4)CC3)c21. The number of para-hydroxylation sites is 1. The van der Waals surface area contributed by atoms with Crippen molar-refractivity contribution in [3.8, 4) is 16.9 Å². The van der Waals surface area contributed by atoms with Crippen LogP contribution in [0.15, 0.2) is 59.9 Å². The number of imide groups is 1. The fourth-order valence-corrected chi connectivity index (χ4v) is 10.6. The molecule has 21 heteroatoms. The number of carbonyl (C=O) groups excluding carboxylic acids is 2. The van der Waals surface area contributed by atoms with Crippen LogP contribution in [0.25, 0.3) is 39.3 Å². The second kappa shape index (κ2) is 18.1. The summed E-state index contributed by atoms with van der Waals surface area (Å²) in [6, 6.07) is 7.63. The van der Waals surface area contributed by atoms with Crippen LogP contribution in [-0.4, -0.2) is 126 Å². The average molecular weight is 922 g/mol. The van der Waals surface area contributed by atoms with E-state index in [2.05, 4.69) is 45.8 Å². The number of rotatable bonds is 13. The quantitative estimate of drug-likeness (QED) is 0.132. The summed E-state index contributed by atoms with van der Waals surface area (Å²) in [5.74, 6) is -0.171. The summed E-state index contributed by atoms with van der Waals surface area (Å²) in [7, 11) is 1.73. The first-order valence-corrected chi connectivity index (χ1v) is 23.4. The summed E-state index contributed by atoms with van der Waals surface area (Å²) in [4.78, 5) is 50.5. The Hall–Kier alpha value is -6.32. The molecule has 1 unspecified atom stereocenters. The van der Waals surface area contributed by atoms with Crippen LogP contribution in [0.4, 0.5) is 20.3 Å². The van der Waals surface area contributed by atoms with Crippen LogP contribution >= 0.6 is 0 Å². The minimum absolute atomic E-state index is 0.0578. The number of nitrogens with one attached hydrogen (secondary N) is 2. The fourth-order valence-electron chi connectivity index (χ4n) is 10.6. The van der Waals surface area contributed by atoms with E-state index in [1.807, 2.05) is 18.2 Å². The normalized spacial score (nSPS) is 20.0. The largest absolute Gasteiger partial charge is 0.390 e. The monoisotopic (exact) mass is 921 g/mol. The van der Waals surface area contributed by atoms with Crippen molar-refractivity contribution in [3.05, 3.63) is 71.3 Å². The van der Waals surface area contributed by atoms with Gasteiger partial charge in [-0.15, -0.1) is 5.10 Å². The van der Waals surface area contributed by atoms with Crippen LogP contribution in [0.1, 0.15) is 96.3 Å². The summed E-state index contributed by atoms with van der Waals surface area (Å²) in [5, 5.41) is 33.5. The molecule has 2 saturated heterocycles. The molecule has 1 aromatic carbocycles. The van der Waals surface area contributed by atoms with Crippen LogP contribution in [0, 0.1) is 5.92 Å². The molecule has 6 aromatic rings. The number of nitrogens with zero attached hydrogens (tertiary/aromatic N) is 13. The van der Waals surface area contributed by atoms with Crippen molar-refractivity contribution >= 4 is 45.7 Å². The van der Waals surface area contributed by atoms with Gasteiger partial charge in [0.2, 0.25) is 5.91 Å². The van der Waals surface area contributed by atoms with Gasteiger partial charge in [0.1, 0.15) is 23.4 Å².